The lowest BCUT2D eigenvalue weighted by Gasteiger charge is -2.08. The fourth-order valence-corrected chi connectivity index (χ4v) is 3.30. The Morgan fingerprint density at radius 2 is 1.80 bits per heavy atom. The number of carbonyl (C=O) groups is 1. The van der Waals surface area contributed by atoms with Crippen LogP contribution in [0.4, 0.5) is 4.39 Å². The van der Waals surface area contributed by atoms with Crippen LogP contribution in [-0.4, -0.2) is 27.2 Å². The van der Waals surface area contributed by atoms with Crippen molar-refractivity contribution in [2.45, 2.75) is 6.42 Å². The molecule has 0 spiro atoms. The van der Waals surface area contributed by atoms with Gasteiger partial charge in [0.05, 0.1) is 16.4 Å². The topological polar surface area (TPSA) is 59.8 Å². The van der Waals surface area contributed by atoms with Crippen molar-refractivity contribution in [2.75, 3.05) is 6.54 Å². The molecule has 0 fully saturated rings. The van der Waals surface area contributed by atoms with Gasteiger partial charge in [-0.1, -0.05) is 35.9 Å². The number of carbonyl (C=O) groups excluding carboxylic acids is 1. The van der Waals surface area contributed by atoms with E-state index in [0.717, 1.165) is 5.69 Å². The minimum Gasteiger partial charge on any atom is -0.350 e. The number of aromatic nitrogens is 3. The van der Waals surface area contributed by atoms with Crippen LogP contribution in [0.15, 0.2) is 79.0 Å². The third-order valence-corrected chi connectivity index (χ3v) is 4.89. The first-order chi connectivity index (χ1) is 14.6. The SMILES string of the molecule is O=C(NCCc1ccccn1)c1cc(-c2ccccc2Cl)nn1-c1ccc(F)cc1. The van der Waals surface area contributed by atoms with Gasteiger partial charge in [0.1, 0.15) is 11.5 Å². The molecule has 0 bridgehead atoms. The highest BCUT2D eigenvalue weighted by atomic mass is 35.5. The van der Waals surface area contributed by atoms with Crippen molar-refractivity contribution in [2.24, 2.45) is 0 Å². The van der Waals surface area contributed by atoms with Gasteiger partial charge in [0.25, 0.3) is 5.91 Å². The van der Waals surface area contributed by atoms with Gasteiger partial charge in [-0.15, -0.1) is 0 Å². The molecule has 2 aromatic carbocycles. The molecular formula is C23H18ClFN4O. The molecule has 2 heterocycles. The van der Waals surface area contributed by atoms with Crippen LogP contribution in [0, 0.1) is 5.82 Å². The molecule has 0 atom stereocenters. The van der Waals surface area contributed by atoms with E-state index in [9.17, 15) is 9.18 Å². The second-order valence-electron chi connectivity index (χ2n) is 6.61. The lowest BCUT2D eigenvalue weighted by atomic mass is 10.1. The number of nitrogens with one attached hydrogen (secondary N) is 1. The van der Waals surface area contributed by atoms with Gasteiger partial charge in [0.15, 0.2) is 0 Å². The average molecular weight is 421 g/mol. The van der Waals surface area contributed by atoms with Crippen LogP contribution in [-0.2, 0) is 6.42 Å². The largest absolute Gasteiger partial charge is 0.350 e. The maximum atomic E-state index is 13.4. The van der Waals surface area contributed by atoms with E-state index in [-0.39, 0.29) is 11.7 Å². The van der Waals surface area contributed by atoms with Crippen LogP contribution < -0.4 is 5.32 Å². The second kappa shape index (κ2) is 8.88. The maximum absolute atomic E-state index is 13.4. The molecule has 7 heteroatoms. The molecule has 1 N–H and O–H groups in total. The summed E-state index contributed by atoms with van der Waals surface area (Å²) in [5.74, 6) is -0.653. The smallest absolute Gasteiger partial charge is 0.270 e. The molecule has 0 aliphatic rings. The molecule has 5 nitrogen and oxygen atoms in total. The first kappa shape index (κ1) is 19.8. The molecule has 0 unspecified atom stereocenters. The van der Waals surface area contributed by atoms with Gasteiger partial charge >= 0.3 is 0 Å². The van der Waals surface area contributed by atoms with Crippen molar-refractivity contribution in [3.8, 4) is 16.9 Å². The Kier molecular flexibility index (Phi) is 5.86. The molecule has 2 aromatic heterocycles. The molecule has 30 heavy (non-hydrogen) atoms. The van der Waals surface area contributed by atoms with E-state index in [0.29, 0.717) is 40.6 Å². The van der Waals surface area contributed by atoms with E-state index >= 15 is 0 Å². The lowest BCUT2D eigenvalue weighted by molar-refractivity contribution is 0.0946. The van der Waals surface area contributed by atoms with E-state index in [1.165, 1.54) is 16.8 Å². The summed E-state index contributed by atoms with van der Waals surface area (Å²) >= 11 is 6.31. The fraction of sp³-hybridized carbons (Fsp3) is 0.0870. The van der Waals surface area contributed by atoms with Crippen molar-refractivity contribution in [3.05, 3.63) is 101 Å². The predicted molar refractivity (Wildman–Crippen MR) is 114 cm³/mol. The maximum Gasteiger partial charge on any atom is 0.270 e. The van der Waals surface area contributed by atoms with E-state index in [1.54, 1.807) is 30.5 Å². The summed E-state index contributed by atoms with van der Waals surface area (Å²) in [5.41, 5.74) is 3.06. The fourth-order valence-electron chi connectivity index (χ4n) is 3.06. The summed E-state index contributed by atoms with van der Waals surface area (Å²) in [5, 5.41) is 8.00. The van der Waals surface area contributed by atoms with E-state index in [1.807, 2.05) is 36.4 Å². The number of hydrogen-bond acceptors (Lipinski definition) is 3. The van der Waals surface area contributed by atoms with Crippen molar-refractivity contribution in [3.63, 3.8) is 0 Å². The molecule has 1 amide bonds. The highest BCUT2D eigenvalue weighted by molar-refractivity contribution is 6.33. The Labute approximate surface area is 178 Å². The Balaban J connectivity index is 1.63. The zero-order valence-electron chi connectivity index (χ0n) is 15.9. The zero-order valence-corrected chi connectivity index (χ0v) is 16.7. The van der Waals surface area contributed by atoms with Gasteiger partial charge in [-0.25, -0.2) is 9.07 Å². The van der Waals surface area contributed by atoms with Gasteiger partial charge in [-0.05, 0) is 48.5 Å². The van der Waals surface area contributed by atoms with Gasteiger partial charge in [-0.2, -0.15) is 5.10 Å². The first-order valence-electron chi connectivity index (χ1n) is 9.41. The van der Waals surface area contributed by atoms with Gasteiger partial charge < -0.3 is 5.32 Å². The number of hydrogen-bond donors (Lipinski definition) is 1. The highest BCUT2D eigenvalue weighted by Gasteiger charge is 2.18. The quantitative estimate of drug-likeness (QED) is 0.492. The number of amides is 1. The van der Waals surface area contributed by atoms with Crippen molar-refractivity contribution in [1.29, 1.82) is 0 Å². The summed E-state index contributed by atoms with van der Waals surface area (Å²) in [6.45, 7) is 0.422. The summed E-state index contributed by atoms with van der Waals surface area (Å²) in [6.07, 6.45) is 2.32. The first-order valence-corrected chi connectivity index (χ1v) is 9.78. The van der Waals surface area contributed by atoms with Crippen LogP contribution in [0.2, 0.25) is 5.02 Å². The minimum absolute atomic E-state index is 0.291. The number of pyridine rings is 1. The minimum atomic E-state index is -0.362. The van der Waals surface area contributed by atoms with Crippen molar-refractivity contribution >= 4 is 17.5 Å². The van der Waals surface area contributed by atoms with E-state index in [2.05, 4.69) is 15.4 Å². The van der Waals surface area contributed by atoms with Crippen LogP contribution in [0.25, 0.3) is 16.9 Å². The van der Waals surface area contributed by atoms with Crippen LogP contribution >= 0.6 is 11.6 Å². The van der Waals surface area contributed by atoms with Gasteiger partial charge in [-0.3, -0.25) is 9.78 Å². The molecule has 150 valence electrons. The number of nitrogens with zero attached hydrogens (tertiary/aromatic N) is 3. The predicted octanol–water partition coefficient (Wildman–Crippen LogP) is 4.70. The number of halogens is 2. The molecular weight excluding hydrogens is 403 g/mol. The third-order valence-electron chi connectivity index (χ3n) is 4.56. The van der Waals surface area contributed by atoms with Crippen LogP contribution in [0.3, 0.4) is 0 Å². The molecule has 0 radical (unpaired) electrons. The van der Waals surface area contributed by atoms with Crippen LogP contribution in [0.5, 0.6) is 0 Å². The zero-order chi connectivity index (χ0) is 20.9. The molecule has 0 aliphatic heterocycles. The Hall–Kier alpha value is -3.51. The van der Waals surface area contributed by atoms with Gasteiger partial charge in [0, 0.05) is 30.4 Å². The van der Waals surface area contributed by atoms with Crippen LogP contribution in [0.1, 0.15) is 16.2 Å². The molecule has 0 saturated heterocycles. The summed E-state index contributed by atoms with van der Waals surface area (Å²) in [7, 11) is 0. The number of rotatable bonds is 6. The van der Waals surface area contributed by atoms with Crippen molar-refractivity contribution in [1.82, 2.24) is 20.1 Å². The average Bonchev–Trinajstić information content (AvgIpc) is 3.20. The Morgan fingerprint density at radius 1 is 1.03 bits per heavy atom. The summed E-state index contributed by atoms with van der Waals surface area (Å²) in [6, 6.07) is 20.4. The molecule has 4 rings (SSSR count). The molecule has 0 saturated carbocycles. The third kappa shape index (κ3) is 4.39. The number of benzene rings is 2. The standard InChI is InChI=1S/C23H18ClFN4O/c24-20-7-2-1-6-19(20)21-15-22(29(28-21)18-10-8-16(25)9-11-18)23(30)27-14-12-17-5-3-4-13-26-17/h1-11,13,15H,12,14H2,(H,27,30). The summed E-state index contributed by atoms with van der Waals surface area (Å²) < 4.78 is 14.9. The van der Waals surface area contributed by atoms with E-state index < -0.39 is 0 Å². The Bertz CT molecular complexity index is 1160. The second-order valence-corrected chi connectivity index (χ2v) is 7.02. The normalized spacial score (nSPS) is 10.7. The van der Waals surface area contributed by atoms with Crippen molar-refractivity contribution < 1.29 is 9.18 Å². The summed E-state index contributed by atoms with van der Waals surface area (Å²) in [4.78, 5) is 17.2. The lowest BCUT2D eigenvalue weighted by Crippen LogP contribution is -2.28. The molecule has 4 aromatic rings. The Morgan fingerprint density at radius 3 is 2.53 bits per heavy atom. The van der Waals surface area contributed by atoms with E-state index in [4.69, 9.17) is 11.6 Å². The molecule has 0 aliphatic carbocycles. The highest BCUT2D eigenvalue weighted by Crippen LogP contribution is 2.28. The van der Waals surface area contributed by atoms with Gasteiger partial charge in [0.2, 0.25) is 0 Å². The monoisotopic (exact) mass is 420 g/mol.